The SMILES string of the molecule is Cc1cc2c(c(C(C)(C)C)c1)OP(OF)Oc1c(cc(C)cc1C(C)(C)C)C2. The highest BCUT2D eigenvalue weighted by Crippen LogP contribution is 2.52. The second-order valence-electron chi connectivity index (χ2n) is 9.75. The Morgan fingerprint density at radius 2 is 1.18 bits per heavy atom. The number of rotatable bonds is 1. The van der Waals surface area contributed by atoms with E-state index in [-0.39, 0.29) is 10.8 Å². The van der Waals surface area contributed by atoms with E-state index in [1.807, 2.05) is 0 Å². The maximum Gasteiger partial charge on any atom is 0.497 e. The van der Waals surface area contributed by atoms with Gasteiger partial charge in [0.2, 0.25) is 0 Å². The van der Waals surface area contributed by atoms with Crippen LogP contribution in [0.25, 0.3) is 0 Å². The van der Waals surface area contributed by atoms with Crippen LogP contribution in [-0.4, -0.2) is 0 Å². The highest BCUT2D eigenvalue weighted by atomic mass is 31.2. The fourth-order valence-electron chi connectivity index (χ4n) is 3.69. The van der Waals surface area contributed by atoms with E-state index >= 15 is 0 Å². The maximum atomic E-state index is 13.5. The summed E-state index contributed by atoms with van der Waals surface area (Å²) in [6.45, 7) is 16.9. The first-order chi connectivity index (χ1) is 12.9. The predicted octanol–water partition coefficient (Wildman–Crippen LogP) is 7.39. The molecule has 5 heteroatoms. The van der Waals surface area contributed by atoms with Gasteiger partial charge in [0, 0.05) is 17.5 Å². The Morgan fingerprint density at radius 1 is 0.786 bits per heavy atom. The lowest BCUT2D eigenvalue weighted by Gasteiger charge is -2.31. The van der Waals surface area contributed by atoms with Crippen LogP contribution in [0.5, 0.6) is 11.5 Å². The monoisotopic (exact) mass is 404 g/mol. The molecule has 2 aromatic rings. The normalized spacial score (nSPS) is 15.0. The van der Waals surface area contributed by atoms with Crippen LogP contribution in [0.15, 0.2) is 24.3 Å². The summed E-state index contributed by atoms with van der Waals surface area (Å²) in [6.07, 6.45) is 0.662. The van der Waals surface area contributed by atoms with Crippen molar-refractivity contribution in [3.05, 3.63) is 57.6 Å². The van der Waals surface area contributed by atoms with Crippen LogP contribution < -0.4 is 9.05 Å². The van der Waals surface area contributed by atoms with Crippen molar-refractivity contribution >= 4 is 8.60 Å². The lowest BCUT2D eigenvalue weighted by atomic mass is 9.81. The molecule has 0 atom stereocenters. The summed E-state index contributed by atoms with van der Waals surface area (Å²) in [4.78, 5) is 0. The van der Waals surface area contributed by atoms with Crippen molar-refractivity contribution in [1.82, 2.24) is 0 Å². The first kappa shape index (κ1) is 21.1. The first-order valence-electron chi connectivity index (χ1n) is 9.63. The summed E-state index contributed by atoms with van der Waals surface area (Å²) in [5, 5.41) is 0. The maximum absolute atomic E-state index is 13.5. The molecule has 3 rings (SSSR count). The third-order valence-corrected chi connectivity index (χ3v) is 5.78. The minimum Gasteiger partial charge on any atom is -0.416 e. The number of benzene rings is 2. The average Bonchev–Trinajstić information content (AvgIpc) is 2.53. The fourth-order valence-corrected chi connectivity index (χ4v) is 4.51. The van der Waals surface area contributed by atoms with Gasteiger partial charge in [0.05, 0.1) is 0 Å². The molecule has 0 amide bonds. The average molecular weight is 404 g/mol. The molecule has 0 radical (unpaired) electrons. The first-order valence-corrected chi connectivity index (χ1v) is 10.7. The molecule has 0 aliphatic carbocycles. The Bertz CT molecular complexity index is 823. The molecule has 0 bridgehead atoms. The van der Waals surface area contributed by atoms with Crippen molar-refractivity contribution in [2.45, 2.75) is 72.6 Å². The van der Waals surface area contributed by atoms with Crippen LogP contribution in [0.4, 0.5) is 4.53 Å². The van der Waals surface area contributed by atoms with E-state index in [4.69, 9.17) is 9.05 Å². The Kier molecular flexibility index (Phi) is 5.51. The lowest BCUT2D eigenvalue weighted by molar-refractivity contribution is -0.0162. The highest BCUT2D eigenvalue weighted by Gasteiger charge is 2.33. The molecule has 0 saturated carbocycles. The van der Waals surface area contributed by atoms with Gasteiger partial charge in [-0.3, -0.25) is 0 Å². The Morgan fingerprint density at radius 3 is 1.50 bits per heavy atom. The van der Waals surface area contributed by atoms with Gasteiger partial charge in [0.15, 0.2) is 0 Å². The molecule has 0 spiro atoms. The molecular formula is C23H30FO3P. The number of aryl methyl sites for hydroxylation is 2. The van der Waals surface area contributed by atoms with Crippen LogP contribution in [0.3, 0.4) is 0 Å². The molecule has 0 saturated heterocycles. The van der Waals surface area contributed by atoms with E-state index in [1.165, 1.54) is 0 Å². The Balaban J connectivity index is 2.28. The van der Waals surface area contributed by atoms with Gasteiger partial charge in [-0.2, -0.15) is 0 Å². The van der Waals surface area contributed by atoms with Crippen molar-refractivity contribution in [2.24, 2.45) is 0 Å². The molecule has 1 heterocycles. The van der Waals surface area contributed by atoms with Crippen LogP contribution in [0, 0.1) is 13.8 Å². The van der Waals surface area contributed by atoms with Gasteiger partial charge in [-0.1, -0.05) is 81.7 Å². The molecule has 0 unspecified atom stereocenters. The molecule has 28 heavy (non-hydrogen) atoms. The molecule has 0 aromatic heterocycles. The van der Waals surface area contributed by atoms with Crippen LogP contribution >= 0.6 is 8.60 Å². The molecule has 3 nitrogen and oxygen atoms in total. The van der Waals surface area contributed by atoms with Gasteiger partial charge < -0.3 is 9.05 Å². The van der Waals surface area contributed by atoms with Gasteiger partial charge in [-0.25, -0.2) is 0 Å². The zero-order valence-electron chi connectivity index (χ0n) is 18.1. The van der Waals surface area contributed by atoms with Crippen molar-refractivity contribution in [1.29, 1.82) is 0 Å². The van der Waals surface area contributed by atoms with E-state index in [0.29, 0.717) is 17.9 Å². The minimum atomic E-state index is -2.20. The van der Waals surface area contributed by atoms with Crippen LogP contribution in [0.2, 0.25) is 0 Å². The summed E-state index contributed by atoms with van der Waals surface area (Å²) in [6, 6.07) is 8.43. The van der Waals surface area contributed by atoms with E-state index in [2.05, 4.69) is 84.4 Å². The molecular weight excluding hydrogens is 374 g/mol. The third-order valence-electron chi connectivity index (χ3n) is 5.01. The summed E-state index contributed by atoms with van der Waals surface area (Å²) in [5.74, 6) is 1.35. The quantitative estimate of drug-likeness (QED) is 0.464. The molecule has 2 aromatic carbocycles. The lowest BCUT2D eigenvalue weighted by Crippen LogP contribution is -2.18. The minimum absolute atomic E-state index is 0.154. The summed E-state index contributed by atoms with van der Waals surface area (Å²) >= 11 is 0. The van der Waals surface area contributed by atoms with Gasteiger partial charge in [0.1, 0.15) is 11.5 Å². The second kappa shape index (κ2) is 7.31. The summed E-state index contributed by atoms with van der Waals surface area (Å²) in [5.41, 5.74) is 6.13. The Hall–Kier alpha value is -1.64. The van der Waals surface area contributed by atoms with Crippen molar-refractivity contribution < 1.29 is 18.3 Å². The fraction of sp³-hybridized carbons (Fsp3) is 0.478. The standard InChI is InChI=1S/C23H30FO3P/c1-14-9-16-13-17-10-15(2)12-19(23(6,7)8)21(17)26-28(27-24)25-20(16)18(11-14)22(3,4)5/h9-12H,13H2,1-8H3. The van der Waals surface area contributed by atoms with Crippen LogP contribution in [-0.2, 0) is 22.0 Å². The zero-order chi connectivity index (χ0) is 20.9. The van der Waals surface area contributed by atoms with Gasteiger partial charge in [-0.15, -0.1) is 0 Å². The molecule has 1 aliphatic heterocycles. The zero-order valence-corrected chi connectivity index (χ0v) is 19.0. The summed E-state index contributed by atoms with van der Waals surface area (Å²) in [7, 11) is -2.20. The van der Waals surface area contributed by atoms with E-state index in [0.717, 1.165) is 33.4 Å². The second-order valence-corrected chi connectivity index (χ2v) is 10.7. The van der Waals surface area contributed by atoms with E-state index in [1.54, 1.807) is 0 Å². The number of hydrogen-bond acceptors (Lipinski definition) is 3. The van der Waals surface area contributed by atoms with Crippen molar-refractivity contribution in [3.8, 4) is 11.5 Å². The van der Waals surface area contributed by atoms with Gasteiger partial charge >= 0.3 is 8.60 Å². The molecule has 152 valence electrons. The third kappa shape index (κ3) is 4.18. The van der Waals surface area contributed by atoms with Crippen molar-refractivity contribution in [2.75, 3.05) is 0 Å². The van der Waals surface area contributed by atoms with Crippen LogP contribution in [0.1, 0.15) is 74.9 Å². The van der Waals surface area contributed by atoms with E-state index < -0.39 is 8.60 Å². The smallest absolute Gasteiger partial charge is 0.416 e. The summed E-state index contributed by atoms with van der Waals surface area (Å²) < 4.78 is 29.6. The largest absolute Gasteiger partial charge is 0.497 e. The topological polar surface area (TPSA) is 27.7 Å². The van der Waals surface area contributed by atoms with E-state index in [9.17, 15) is 4.53 Å². The Labute approximate surface area is 169 Å². The van der Waals surface area contributed by atoms with Gasteiger partial charge in [0.25, 0.3) is 0 Å². The number of fused-ring (bicyclic) bond motifs is 2. The van der Waals surface area contributed by atoms with Crippen molar-refractivity contribution in [3.63, 3.8) is 0 Å². The highest BCUT2D eigenvalue weighted by molar-refractivity contribution is 7.42. The number of hydrogen-bond donors (Lipinski definition) is 0. The predicted molar refractivity (Wildman–Crippen MR) is 113 cm³/mol. The van der Waals surface area contributed by atoms with Gasteiger partial charge in [-0.05, 0) is 40.3 Å². The number of halogens is 1. The molecule has 0 fully saturated rings. The molecule has 0 N–H and O–H groups in total. The molecule has 1 aliphatic rings.